The van der Waals surface area contributed by atoms with Crippen LogP contribution in [0.25, 0.3) is 0 Å². The number of hydrogen-bond donors (Lipinski definition) is 1. The molecular formula is C17H29ClN2OS2. The van der Waals surface area contributed by atoms with E-state index in [4.69, 9.17) is 0 Å². The van der Waals surface area contributed by atoms with E-state index in [0.29, 0.717) is 0 Å². The molecule has 0 saturated carbocycles. The summed E-state index contributed by atoms with van der Waals surface area (Å²) >= 11 is 4.01. The van der Waals surface area contributed by atoms with Crippen LogP contribution >= 0.6 is 35.9 Å². The van der Waals surface area contributed by atoms with Gasteiger partial charge in [-0.3, -0.25) is 4.98 Å². The normalized spacial score (nSPS) is 18.7. The number of nitrogens with zero attached hydrogens (tertiary/aromatic N) is 2. The highest BCUT2D eigenvalue weighted by molar-refractivity contribution is 8.00. The van der Waals surface area contributed by atoms with Crippen LogP contribution in [0.5, 0.6) is 0 Å². The van der Waals surface area contributed by atoms with Crippen LogP contribution in [-0.2, 0) is 6.61 Å². The van der Waals surface area contributed by atoms with Gasteiger partial charge in [0.2, 0.25) is 0 Å². The predicted octanol–water partition coefficient (Wildman–Crippen LogP) is 3.86. The Hall–Kier alpha value is 0.0600. The van der Waals surface area contributed by atoms with E-state index in [0.717, 1.165) is 22.9 Å². The SMILES string of the molecule is Cc1c(SCCCSCC2CCCN(C)C2)ccnc1CO.Cl. The standard InChI is InChI=1S/C17H28N2OS2.ClH/c1-14-16(12-20)18-7-6-17(14)22-10-4-9-21-13-15-5-3-8-19(2)11-15;/h6-7,15,20H,3-5,8-13H2,1-2H3;1H. The Morgan fingerprint density at radius 2 is 2.22 bits per heavy atom. The fourth-order valence-electron chi connectivity index (χ4n) is 2.88. The molecule has 2 rings (SSSR count). The summed E-state index contributed by atoms with van der Waals surface area (Å²) in [7, 11) is 2.24. The van der Waals surface area contributed by atoms with E-state index in [1.54, 1.807) is 6.20 Å². The van der Waals surface area contributed by atoms with Crippen LogP contribution in [0.1, 0.15) is 30.5 Å². The molecule has 1 saturated heterocycles. The van der Waals surface area contributed by atoms with Gasteiger partial charge in [0.05, 0.1) is 12.3 Å². The Morgan fingerprint density at radius 3 is 2.96 bits per heavy atom. The van der Waals surface area contributed by atoms with E-state index >= 15 is 0 Å². The van der Waals surface area contributed by atoms with Gasteiger partial charge in [0.15, 0.2) is 0 Å². The maximum absolute atomic E-state index is 9.25. The molecule has 6 heteroatoms. The molecular weight excluding hydrogens is 348 g/mol. The Kier molecular flexibility index (Phi) is 10.6. The van der Waals surface area contributed by atoms with Crippen LogP contribution in [0.15, 0.2) is 17.2 Å². The van der Waals surface area contributed by atoms with Gasteiger partial charge in [0.25, 0.3) is 0 Å². The Labute approximate surface area is 155 Å². The van der Waals surface area contributed by atoms with Crippen LogP contribution in [-0.4, -0.2) is 52.4 Å². The lowest BCUT2D eigenvalue weighted by atomic mass is 10.0. The van der Waals surface area contributed by atoms with Gasteiger partial charge in [-0.2, -0.15) is 11.8 Å². The van der Waals surface area contributed by atoms with Crippen LogP contribution in [0, 0.1) is 12.8 Å². The maximum Gasteiger partial charge on any atom is 0.0856 e. The molecule has 3 nitrogen and oxygen atoms in total. The topological polar surface area (TPSA) is 36.4 Å². The zero-order valence-electron chi connectivity index (χ0n) is 14.2. The highest BCUT2D eigenvalue weighted by atomic mass is 35.5. The number of aliphatic hydroxyl groups excluding tert-OH is 1. The van der Waals surface area contributed by atoms with Crippen LogP contribution in [0.2, 0.25) is 0 Å². The van der Waals surface area contributed by atoms with E-state index < -0.39 is 0 Å². The van der Waals surface area contributed by atoms with Gasteiger partial charge in [-0.1, -0.05) is 0 Å². The van der Waals surface area contributed by atoms with Gasteiger partial charge >= 0.3 is 0 Å². The number of aliphatic hydroxyl groups is 1. The summed E-state index contributed by atoms with van der Waals surface area (Å²) in [6, 6.07) is 2.06. The van der Waals surface area contributed by atoms with Gasteiger partial charge in [-0.05, 0) is 74.6 Å². The van der Waals surface area contributed by atoms with Crippen LogP contribution < -0.4 is 0 Å². The molecule has 0 bridgehead atoms. The molecule has 1 aromatic rings. The number of likely N-dealkylation sites (tertiary alicyclic amines) is 1. The lowest BCUT2D eigenvalue weighted by Gasteiger charge is -2.29. The minimum Gasteiger partial charge on any atom is -0.390 e. The molecule has 0 aliphatic carbocycles. The van der Waals surface area contributed by atoms with E-state index in [9.17, 15) is 5.11 Å². The number of halogens is 1. The molecule has 1 fully saturated rings. The van der Waals surface area contributed by atoms with E-state index in [2.05, 4.69) is 41.7 Å². The van der Waals surface area contributed by atoms with Crippen molar-refractivity contribution in [2.75, 3.05) is 37.4 Å². The Morgan fingerprint density at radius 1 is 1.39 bits per heavy atom. The van der Waals surface area contributed by atoms with Crippen molar-refractivity contribution in [1.82, 2.24) is 9.88 Å². The third kappa shape index (κ3) is 7.22. The van der Waals surface area contributed by atoms with Crippen molar-refractivity contribution in [2.24, 2.45) is 5.92 Å². The summed E-state index contributed by atoms with van der Waals surface area (Å²) in [6.07, 6.45) is 5.82. The Bertz CT molecular complexity index is 462. The minimum atomic E-state index is 0. The summed E-state index contributed by atoms with van der Waals surface area (Å²) < 4.78 is 0. The molecule has 2 heterocycles. The third-order valence-electron chi connectivity index (χ3n) is 4.17. The zero-order valence-corrected chi connectivity index (χ0v) is 16.6. The second kappa shape index (κ2) is 11.6. The van der Waals surface area contributed by atoms with Crippen molar-refractivity contribution >= 4 is 35.9 Å². The molecule has 0 aromatic carbocycles. The van der Waals surface area contributed by atoms with E-state index in [1.165, 1.54) is 48.8 Å². The lowest BCUT2D eigenvalue weighted by Crippen LogP contribution is -2.33. The molecule has 1 aliphatic rings. The van der Waals surface area contributed by atoms with Crippen molar-refractivity contribution in [3.63, 3.8) is 0 Å². The van der Waals surface area contributed by atoms with Gasteiger partial charge in [-0.25, -0.2) is 0 Å². The highest BCUT2D eigenvalue weighted by Crippen LogP contribution is 2.25. The Balaban J connectivity index is 0.00000264. The van der Waals surface area contributed by atoms with Gasteiger partial charge in [0, 0.05) is 17.6 Å². The molecule has 23 heavy (non-hydrogen) atoms. The summed E-state index contributed by atoms with van der Waals surface area (Å²) in [5.41, 5.74) is 1.94. The van der Waals surface area contributed by atoms with Gasteiger partial charge in [-0.15, -0.1) is 24.2 Å². The average molecular weight is 377 g/mol. The number of thioether (sulfide) groups is 2. The number of piperidine rings is 1. The molecule has 0 amide bonds. The number of pyridine rings is 1. The fraction of sp³-hybridized carbons (Fsp3) is 0.706. The first kappa shape index (κ1) is 21.1. The van der Waals surface area contributed by atoms with Gasteiger partial charge < -0.3 is 10.0 Å². The van der Waals surface area contributed by atoms with Crippen LogP contribution in [0.4, 0.5) is 0 Å². The molecule has 1 N–H and O–H groups in total. The number of aromatic nitrogens is 1. The van der Waals surface area contributed by atoms with Crippen molar-refractivity contribution in [3.8, 4) is 0 Å². The lowest BCUT2D eigenvalue weighted by molar-refractivity contribution is 0.224. The number of hydrogen-bond acceptors (Lipinski definition) is 5. The molecule has 1 atom stereocenters. The smallest absolute Gasteiger partial charge is 0.0856 e. The highest BCUT2D eigenvalue weighted by Gasteiger charge is 2.16. The summed E-state index contributed by atoms with van der Waals surface area (Å²) in [6.45, 7) is 4.64. The monoisotopic (exact) mass is 376 g/mol. The molecule has 0 radical (unpaired) electrons. The van der Waals surface area contributed by atoms with Crippen molar-refractivity contribution in [2.45, 2.75) is 37.7 Å². The quantitative estimate of drug-likeness (QED) is 0.550. The molecule has 1 aliphatic heterocycles. The molecule has 1 aromatic heterocycles. The minimum absolute atomic E-state index is 0. The molecule has 132 valence electrons. The first-order valence-corrected chi connectivity index (χ1v) is 10.3. The first-order valence-electron chi connectivity index (χ1n) is 8.15. The molecule has 1 unspecified atom stereocenters. The van der Waals surface area contributed by atoms with Crippen molar-refractivity contribution < 1.29 is 5.11 Å². The third-order valence-corrected chi connectivity index (χ3v) is 6.71. The van der Waals surface area contributed by atoms with E-state index in [-0.39, 0.29) is 19.0 Å². The average Bonchev–Trinajstić information content (AvgIpc) is 2.52. The number of rotatable bonds is 8. The zero-order chi connectivity index (χ0) is 15.8. The summed E-state index contributed by atoms with van der Waals surface area (Å²) in [5.74, 6) is 4.61. The second-order valence-corrected chi connectivity index (χ2v) is 8.37. The summed E-state index contributed by atoms with van der Waals surface area (Å²) in [4.78, 5) is 7.93. The van der Waals surface area contributed by atoms with Gasteiger partial charge in [0.1, 0.15) is 0 Å². The first-order chi connectivity index (χ1) is 10.7. The molecule has 0 spiro atoms. The van der Waals surface area contributed by atoms with Crippen LogP contribution in [0.3, 0.4) is 0 Å². The second-order valence-electron chi connectivity index (χ2n) is 6.09. The predicted molar refractivity (Wildman–Crippen MR) is 105 cm³/mol. The van der Waals surface area contributed by atoms with Crippen molar-refractivity contribution in [3.05, 3.63) is 23.5 Å². The summed E-state index contributed by atoms with van der Waals surface area (Å²) in [5, 5.41) is 9.25. The maximum atomic E-state index is 9.25. The fourth-order valence-corrected chi connectivity index (χ4v) is 5.18. The van der Waals surface area contributed by atoms with Crippen molar-refractivity contribution in [1.29, 1.82) is 0 Å². The van der Waals surface area contributed by atoms with E-state index in [1.807, 2.05) is 11.8 Å². The largest absolute Gasteiger partial charge is 0.390 e.